The van der Waals surface area contributed by atoms with Crippen molar-refractivity contribution in [1.29, 1.82) is 0 Å². The number of benzene rings is 1. The van der Waals surface area contributed by atoms with Crippen LogP contribution >= 0.6 is 22.9 Å². The summed E-state index contributed by atoms with van der Waals surface area (Å²) < 4.78 is 0. The summed E-state index contributed by atoms with van der Waals surface area (Å²) in [5, 5.41) is 1.49. The Hall–Kier alpha value is -1.65. The average molecular weight is 330 g/mol. The summed E-state index contributed by atoms with van der Waals surface area (Å²) in [4.78, 5) is 13.6. The first-order valence-corrected chi connectivity index (χ1v) is 8.58. The van der Waals surface area contributed by atoms with Crippen molar-refractivity contribution in [3.8, 4) is 0 Å². The van der Waals surface area contributed by atoms with E-state index in [1.165, 1.54) is 21.6 Å². The highest BCUT2D eigenvalue weighted by Gasteiger charge is 2.22. The van der Waals surface area contributed by atoms with Crippen molar-refractivity contribution >= 4 is 39.0 Å². The molecule has 0 spiro atoms. The van der Waals surface area contributed by atoms with Gasteiger partial charge in [0.1, 0.15) is 10.6 Å². The van der Waals surface area contributed by atoms with Crippen molar-refractivity contribution in [1.82, 2.24) is 9.97 Å². The molecule has 112 valence electrons. The number of aryl methyl sites for hydroxylation is 2. The Kier molecular flexibility index (Phi) is 3.31. The number of halogens is 1. The molecule has 0 unspecified atom stereocenters. The normalized spacial score (nSPS) is 14.4. The lowest BCUT2D eigenvalue weighted by atomic mass is 9.99. The standard InChI is InChI=1S/C17H16ClN3S/c1-10-11(2)22-16-14(10)15(19-17(18)20-16)21-8-7-12-5-3-4-6-13(12)9-21/h3-6H,7-9H2,1-2H3. The lowest BCUT2D eigenvalue weighted by Gasteiger charge is -2.30. The molecular formula is C17H16ClN3S. The highest BCUT2D eigenvalue weighted by Crippen LogP contribution is 2.37. The Morgan fingerprint density at radius 1 is 1.14 bits per heavy atom. The first-order valence-electron chi connectivity index (χ1n) is 7.38. The minimum atomic E-state index is 0.336. The molecule has 3 heterocycles. The molecule has 1 aliphatic rings. The third-order valence-electron chi connectivity index (χ3n) is 4.41. The molecule has 0 aliphatic carbocycles. The van der Waals surface area contributed by atoms with Crippen molar-refractivity contribution in [2.45, 2.75) is 26.8 Å². The highest BCUT2D eigenvalue weighted by molar-refractivity contribution is 7.18. The minimum Gasteiger partial charge on any atom is -0.351 e. The van der Waals surface area contributed by atoms with Gasteiger partial charge in [-0.2, -0.15) is 4.98 Å². The van der Waals surface area contributed by atoms with E-state index in [1.807, 2.05) is 0 Å². The molecule has 5 heteroatoms. The van der Waals surface area contributed by atoms with Crippen LogP contribution in [0.3, 0.4) is 0 Å². The van der Waals surface area contributed by atoms with Crippen LogP contribution in [0.25, 0.3) is 10.2 Å². The summed E-state index contributed by atoms with van der Waals surface area (Å²) in [6, 6.07) is 8.63. The summed E-state index contributed by atoms with van der Waals surface area (Å²) in [6.07, 6.45) is 1.04. The van der Waals surface area contributed by atoms with Crippen molar-refractivity contribution in [3.63, 3.8) is 0 Å². The molecule has 0 saturated carbocycles. The van der Waals surface area contributed by atoms with E-state index in [4.69, 9.17) is 11.6 Å². The maximum Gasteiger partial charge on any atom is 0.225 e. The van der Waals surface area contributed by atoms with E-state index < -0.39 is 0 Å². The summed E-state index contributed by atoms with van der Waals surface area (Å²) in [5.74, 6) is 0.978. The van der Waals surface area contributed by atoms with Crippen molar-refractivity contribution in [2.75, 3.05) is 11.4 Å². The number of hydrogen-bond donors (Lipinski definition) is 0. The number of thiophene rings is 1. The molecule has 4 rings (SSSR count). The summed E-state index contributed by atoms with van der Waals surface area (Å²) in [7, 11) is 0. The molecule has 1 aromatic carbocycles. The molecule has 0 amide bonds. The first kappa shape index (κ1) is 14.0. The fourth-order valence-corrected chi connectivity index (χ4v) is 4.35. The van der Waals surface area contributed by atoms with E-state index in [2.05, 4.69) is 53.0 Å². The smallest absolute Gasteiger partial charge is 0.225 e. The van der Waals surface area contributed by atoms with E-state index in [0.717, 1.165) is 35.5 Å². The van der Waals surface area contributed by atoms with Crippen LogP contribution in [0.4, 0.5) is 5.82 Å². The maximum atomic E-state index is 6.16. The molecule has 22 heavy (non-hydrogen) atoms. The molecule has 2 aromatic heterocycles. The van der Waals surface area contributed by atoms with Gasteiger partial charge in [0.05, 0.1) is 5.39 Å². The van der Waals surface area contributed by atoms with Crippen LogP contribution in [0.2, 0.25) is 5.28 Å². The van der Waals surface area contributed by atoms with Gasteiger partial charge in [0.2, 0.25) is 5.28 Å². The number of nitrogens with zero attached hydrogens (tertiary/aromatic N) is 3. The number of rotatable bonds is 1. The zero-order valence-corrected chi connectivity index (χ0v) is 14.1. The van der Waals surface area contributed by atoms with Crippen molar-refractivity contribution in [3.05, 3.63) is 51.1 Å². The fourth-order valence-electron chi connectivity index (χ4n) is 3.11. The zero-order valence-electron chi connectivity index (χ0n) is 12.6. The van der Waals surface area contributed by atoms with Gasteiger partial charge in [0.25, 0.3) is 0 Å². The van der Waals surface area contributed by atoms with Crippen LogP contribution in [-0.2, 0) is 13.0 Å². The molecule has 3 nitrogen and oxygen atoms in total. The average Bonchev–Trinajstić information content (AvgIpc) is 2.80. The lowest BCUT2D eigenvalue weighted by Crippen LogP contribution is -2.31. The highest BCUT2D eigenvalue weighted by atomic mass is 35.5. The summed E-state index contributed by atoms with van der Waals surface area (Å²) in [5.41, 5.74) is 4.08. The molecule has 1 aliphatic heterocycles. The van der Waals surface area contributed by atoms with Gasteiger partial charge in [-0.05, 0) is 48.6 Å². The number of aromatic nitrogens is 2. The molecule has 3 aromatic rings. The second kappa shape index (κ2) is 5.21. The third-order valence-corrected chi connectivity index (χ3v) is 5.68. The second-order valence-corrected chi connectivity index (χ2v) is 7.26. The number of hydrogen-bond acceptors (Lipinski definition) is 4. The Balaban J connectivity index is 1.85. The monoisotopic (exact) mass is 329 g/mol. The van der Waals surface area contributed by atoms with E-state index >= 15 is 0 Å². The third kappa shape index (κ3) is 2.18. The SMILES string of the molecule is Cc1sc2nc(Cl)nc(N3CCc4ccccc4C3)c2c1C. The molecule has 0 bridgehead atoms. The molecule has 0 atom stereocenters. The zero-order chi connectivity index (χ0) is 15.3. The summed E-state index contributed by atoms with van der Waals surface area (Å²) >= 11 is 7.86. The molecular weight excluding hydrogens is 314 g/mol. The molecule has 0 radical (unpaired) electrons. The Bertz CT molecular complexity index is 872. The van der Waals surface area contributed by atoms with Crippen molar-refractivity contribution in [2.24, 2.45) is 0 Å². The first-order chi connectivity index (χ1) is 10.6. The van der Waals surface area contributed by atoms with E-state index in [0.29, 0.717) is 5.28 Å². The topological polar surface area (TPSA) is 29.0 Å². The van der Waals surface area contributed by atoms with Gasteiger partial charge in [-0.25, -0.2) is 4.98 Å². The van der Waals surface area contributed by atoms with Crippen LogP contribution in [-0.4, -0.2) is 16.5 Å². The van der Waals surface area contributed by atoms with Crippen LogP contribution < -0.4 is 4.90 Å². The van der Waals surface area contributed by atoms with Crippen LogP contribution in [0.15, 0.2) is 24.3 Å². The minimum absolute atomic E-state index is 0.336. The maximum absolute atomic E-state index is 6.16. The predicted molar refractivity (Wildman–Crippen MR) is 93.1 cm³/mol. The molecule has 0 saturated heterocycles. The Morgan fingerprint density at radius 2 is 1.91 bits per heavy atom. The van der Waals surface area contributed by atoms with Gasteiger partial charge in [-0.3, -0.25) is 0 Å². The lowest BCUT2D eigenvalue weighted by molar-refractivity contribution is 0.723. The van der Waals surface area contributed by atoms with Gasteiger partial charge in [-0.15, -0.1) is 11.3 Å². The van der Waals surface area contributed by atoms with E-state index in [9.17, 15) is 0 Å². The van der Waals surface area contributed by atoms with Crippen LogP contribution in [0, 0.1) is 13.8 Å². The van der Waals surface area contributed by atoms with E-state index in [1.54, 1.807) is 11.3 Å². The summed E-state index contributed by atoms with van der Waals surface area (Å²) in [6.45, 7) is 6.12. The van der Waals surface area contributed by atoms with Crippen LogP contribution in [0.1, 0.15) is 21.6 Å². The number of anilines is 1. The second-order valence-electron chi connectivity index (χ2n) is 5.72. The van der Waals surface area contributed by atoms with Gasteiger partial charge in [0.15, 0.2) is 0 Å². The molecule has 0 fully saturated rings. The van der Waals surface area contributed by atoms with Gasteiger partial charge in [0, 0.05) is 18.0 Å². The molecule has 0 N–H and O–H groups in total. The fraction of sp³-hybridized carbons (Fsp3) is 0.294. The predicted octanol–water partition coefficient (Wildman–Crippen LogP) is 4.52. The van der Waals surface area contributed by atoms with Crippen molar-refractivity contribution < 1.29 is 0 Å². The number of fused-ring (bicyclic) bond motifs is 2. The van der Waals surface area contributed by atoms with Gasteiger partial charge < -0.3 is 4.90 Å². The van der Waals surface area contributed by atoms with Gasteiger partial charge in [-0.1, -0.05) is 24.3 Å². The Morgan fingerprint density at radius 3 is 2.73 bits per heavy atom. The van der Waals surface area contributed by atoms with Gasteiger partial charge >= 0.3 is 0 Å². The van der Waals surface area contributed by atoms with E-state index in [-0.39, 0.29) is 0 Å². The quantitative estimate of drug-likeness (QED) is 0.614. The van der Waals surface area contributed by atoms with Crippen LogP contribution in [0.5, 0.6) is 0 Å². The Labute approximate surface area is 138 Å². The largest absolute Gasteiger partial charge is 0.351 e.